The second-order valence-electron chi connectivity index (χ2n) is 10.3. The highest BCUT2D eigenvalue weighted by atomic mass is 16.2. The van der Waals surface area contributed by atoms with Crippen LogP contribution in [-0.2, 0) is 17.8 Å². The average Bonchev–Trinajstić information content (AvgIpc) is 3.26. The van der Waals surface area contributed by atoms with Crippen LogP contribution in [0.4, 0.5) is 4.79 Å². The number of piperidine rings is 1. The molecule has 2 fully saturated rings. The summed E-state index contributed by atoms with van der Waals surface area (Å²) < 4.78 is 0. The summed E-state index contributed by atoms with van der Waals surface area (Å²) in [4.78, 5) is 32.2. The Kier molecular flexibility index (Phi) is 5.77. The minimum atomic E-state index is -0.641. The molecule has 0 aromatic heterocycles. The molecule has 5 nitrogen and oxygen atoms in total. The first-order valence-electron chi connectivity index (χ1n) is 12.5. The zero-order valence-electron chi connectivity index (χ0n) is 20.1. The predicted octanol–water partition coefficient (Wildman–Crippen LogP) is 4.92. The van der Waals surface area contributed by atoms with E-state index in [2.05, 4.69) is 61.2 Å². The number of amides is 3. The summed E-state index contributed by atoms with van der Waals surface area (Å²) >= 11 is 0. The van der Waals surface area contributed by atoms with Crippen LogP contribution in [0.3, 0.4) is 0 Å². The van der Waals surface area contributed by atoms with Crippen LogP contribution in [0.5, 0.6) is 0 Å². The number of hydrogen-bond acceptors (Lipinski definition) is 3. The van der Waals surface area contributed by atoms with E-state index >= 15 is 0 Å². The Balaban J connectivity index is 1.28. The van der Waals surface area contributed by atoms with E-state index in [0.29, 0.717) is 19.0 Å². The van der Waals surface area contributed by atoms with Gasteiger partial charge in [-0.3, -0.25) is 14.6 Å². The maximum Gasteiger partial charge on any atom is 0.327 e. The van der Waals surface area contributed by atoms with Crippen LogP contribution in [0.2, 0.25) is 0 Å². The molecule has 0 radical (unpaired) electrons. The van der Waals surface area contributed by atoms with E-state index in [1.807, 2.05) is 11.8 Å². The number of carbonyl (C=O) groups excluding carboxylic acids is 2. The fourth-order valence-corrected chi connectivity index (χ4v) is 5.88. The van der Waals surface area contributed by atoms with Gasteiger partial charge in [-0.05, 0) is 66.3 Å². The molecule has 174 valence electrons. The first-order chi connectivity index (χ1) is 15.9. The van der Waals surface area contributed by atoms with Crippen molar-refractivity contribution in [2.45, 2.75) is 58.5 Å². The van der Waals surface area contributed by atoms with Crippen molar-refractivity contribution < 1.29 is 9.59 Å². The number of likely N-dealkylation sites (tertiary alicyclic amines) is 1. The minimum Gasteiger partial charge on any atom is -0.309 e. The lowest BCUT2D eigenvalue weighted by Crippen LogP contribution is -2.56. The average molecular weight is 446 g/mol. The predicted molar refractivity (Wildman–Crippen MR) is 131 cm³/mol. The van der Waals surface area contributed by atoms with Crippen LogP contribution >= 0.6 is 0 Å². The smallest absolute Gasteiger partial charge is 0.309 e. The van der Waals surface area contributed by atoms with Gasteiger partial charge in [0.15, 0.2) is 0 Å². The van der Waals surface area contributed by atoms with Gasteiger partial charge >= 0.3 is 6.03 Å². The molecule has 33 heavy (non-hydrogen) atoms. The van der Waals surface area contributed by atoms with E-state index < -0.39 is 5.54 Å². The SMILES string of the molecule is CCN1C(=O)N(CCC(C)C)C2(CCN(Cc3ccc4c(c3)Cc3ccccc3-4)CC2)C1=O. The number of likely N-dealkylation sites (N-methyl/N-ethyl adjacent to an activating group) is 1. The molecule has 2 aromatic carbocycles. The Morgan fingerprint density at radius 1 is 0.970 bits per heavy atom. The number of fused-ring (bicyclic) bond motifs is 3. The topological polar surface area (TPSA) is 43.9 Å². The van der Waals surface area contributed by atoms with Gasteiger partial charge in [0.2, 0.25) is 0 Å². The monoisotopic (exact) mass is 445 g/mol. The van der Waals surface area contributed by atoms with Gasteiger partial charge in [-0.1, -0.05) is 56.3 Å². The van der Waals surface area contributed by atoms with Crippen molar-refractivity contribution >= 4 is 11.9 Å². The number of carbonyl (C=O) groups is 2. The molecule has 3 amide bonds. The Morgan fingerprint density at radius 3 is 2.42 bits per heavy atom. The quantitative estimate of drug-likeness (QED) is 0.506. The summed E-state index contributed by atoms with van der Waals surface area (Å²) in [5.41, 5.74) is 6.25. The van der Waals surface area contributed by atoms with Gasteiger partial charge in [0.05, 0.1) is 0 Å². The first kappa shape index (κ1) is 22.1. The molecule has 2 saturated heterocycles. The summed E-state index contributed by atoms with van der Waals surface area (Å²) in [5, 5.41) is 0. The van der Waals surface area contributed by atoms with Crippen LogP contribution < -0.4 is 0 Å². The van der Waals surface area contributed by atoms with Crippen molar-refractivity contribution in [2.75, 3.05) is 26.2 Å². The van der Waals surface area contributed by atoms with Gasteiger partial charge in [0.25, 0.3) is 5.91 Å². The van der Waals surface area contributed by atoms with E-state index in [1.54, 1.807) is 0 Å². The number of nitrogens with zero attached hydrogens (tertiary/aromatic N) is 3. The summed E-state index contributed by atoms with van der Waals surface area (Å²) in [7, 11) is 0. The number of benzene rings is 2. The second-order valence-corrected chi connectivity index (χ2v) is 10.3. The zero-order chi connectivity index (χ0) is 23.2. The normalized spacial score (nSPS) is 19.6. The maximum absolute atomic E-state index is 13.3. The summed E-state index contributed by atoms with van der Waals surface area (Å²) in [5.74, 6) is 0.528. The van der Waals surface area contributed by atoms with Crippen LogP contribution in [0.25, 0.3) is 11.1 Å². The third-order valence-corrected chi connectivity index (χ3v) is 7.82. The van der Waals surface area contributed by atoms with E-state index in [-0.39, 0.29) is 11.9 Å². The standard InChI is InChI=1S/C28H35N3O2/c1-4-30-26(32)28(31(27(30)33)14-11-20(2)3)12-15-29(16-13-28)19-21-9-10-25-23(17-21)18-22-7-5-6-8-24(22)25/h5-10,17,20H,4,11-16,18-19H2,1-3H3. The Bertz CT molecular complexity index is 1070. The maximum atomic E-state index is 13.3. The van der Waals surface area contributed by atoms with Gasteiger partial charge in [-0.15, -0.1) is 0 Å². The van der Waals surface area contributed by atoms with Crippen LogP contribution in [0.1, 0.15) is 56.7 Å². The van der Waals surface area contributed by atoms with Crippen LogP contribution in [-0.4, -0.2) is 58.4 Å². The Morgan fingerprint density at radius 2 is 1.70 bits per heavy atom. The lowest BCUT2D eigenvalue weighted by atomic mass is 9.85. The third kappa shape index (κ3) is 3.76. The molecule has 5 rings (SSSR count). The van der Waals surface area contributed by atoms with E-state index in [4.69, 9.17) is 0 Å². The van der Waals surface area contributed by atoms with Gasteiger partial charge < -0.3 is 4.90 Å². The van der Waals surface area contributed by atoms with E-state index in [1.165, 1.54) is 32.7 Å². The highest BCUT2D eigenvalue weighted by molar-refractivity contribution is 6.07. The molecule has 3 aliphatic rings. The highest BCUT2D eigenvalue weighted by Crippen LogP contribution is 2.39. The molecule has 0 unspecified atom stereocenters. The molecule has 5 heteroatoms. The largest absolute Gasteiger partial charge is 0.327 e. The summed E-state index contributed by atoms with van der Waals surface area (Å²) in [6.45, 7) is 9.94. The fraction of sp³-hybridized carbons (Fsp3) is 0.500. The first-order valence-corrected chi connectivity index (χ1v) is 12.5. The van der Waals surface area contributed by atoms with Crippen molar-refractivity contribution in [2.24, 2.45) is 5.92 Å². The van der Waals surface area contributed by atoms with Crippen molar-refractivity contribution in [3.63, 3.8) is 0 Å². The van der Waals surface area contributed by atoms with Crippen molar-refractivity contribution in [1.29, 1.82) is 0 Å². The molecule has 2 heterocycles. The molecule has 0 saturated carbocycles. The molecule has 0 bridgehead atoms. The third-order valence-electron chi connectivity index (χ3n) is 7.82. The van der Waals surface area contributed by atoms with Crippen molar-refractivity contribution in [1.82, 2.24) is 14.7 Å². The molecular formula is C28H35N3O2. The van der Waals surface area contributed by atoms with Crippen molar-refractivity contribution in [3.8, 4) is 11.1 Å². The Hall–Kier alpha value is -2.66. The molecule has 2 aliphatic heterocycles. The highest BCUT2D eigenvalue weighted by Gasteiger charge is 2.57. The molecule has 1 spiro atoms. The molecule has 0 N–H and O–H groups in total. The number of rotatable bonds is 6. The Labute approximate surface area is 197 Å². The van der Waals surface area contributed by atoms with Gasteiger partial charge in [-0.25, -0.2) is 4.79 Å². The fourth-order valence-electron chi connectivity index (χ4n) is 5.88. The number of hydrogen-bond donors (Lipinski definition) is 0. The number of imide groups is 1. The summed E-state index contributed by atoms with van der Waals surface area (Å²) in [6, 6.07) is 15.5. The second kappa shape index (κ2) is 8.60. The van der Waals surface area contributed by atoms with Gasteiger partial charge in [0, 0.05) is 32.7 Å². The molecule has 0 atom stereocenters. The lowest BCUT2D eigenvalue weighted by molar-refractivity contribution is -0.135. The van der Waals surface area contributed by atoms with Crippen LogP contribution in [0, 0.1) is 5.92 Å². The van der Waals surface area contributed by atoms with Gasteiger partial charge in [-0.2, -0.15) is 0 Å². The molecular weight excluding hydrogens is 410 g/mol. The number of urea groups is 1. The molecule has 2 aromatic rings. The minimum absolute atomic E-state index is 0.0219. The zero-order valence-corrected chi connectivity index (χ0v) is 20.1. The lowest BCUT2D eigenvalue weighted by Gasteiger charge is -2.42. The van der Waals surface area contributed by atoms with Crippen LogP contribution in [0.15, 0.2) is 42.5 Å². The van der Waals surface area contributed by atoms with E-state index in [9.17, 15) is 9.59 Å². The molecule has 1 aliphatic carbocycles. The van der Waals surface area contributed by atoms with E-state index in [0.717, 1.165) is 45.3 Å². The van der Waals surface area contributed by atoms with Gasteiger partial charge in [0.1, 0.15) is 5.54 Å². The summed E-state index contributed by atoms with van der Waals surface area (Å²) in [6.07, 6.45) is 3.39. The van der Waals surface area contributed by atoms with Crippen molar-refractivity contribution in [3.05, 3.63) is 59.2 Å².